The van der Waals surface area contributed by atoms with Crippen LogP contribution in [0.2, 0.25) is 5.02 Å². The van der Waals surface area contributed by atoms with E-state index in [2.05, 4.69) is 16.3 Å². The Kier molecular flexibility index (Phi) is 8.51. The lowest BCUT2D eigenvalue weighted by Crippen LogP contribution is -2.54. The number of methoxy groups -OCH3 is 1. The number of amides is 1. The van der Waals surface area contributed by atoms with Gasteiger partial charge in [0.1, 0.15) is 17.6 Å². The molecule has 2 aromatic rings. The molecular formula is C24H26ClN3O4. The predicted octanol–water partition coefficient (Wildman–Crippen LogP) is 2.86. The SMILES string of the molecule is COc1ccc(C#N)cc1/C=C/C(=O)N[C@H](CO)CCN1CC(Oc2ccc(Cl)cc2)C1. The van der Waals surface area contributed by atoms with E-state index in [1.807, 2.05) is 12.1 Å². The van der Waals surface area contributed by atoms with Crippen LogP contribution in [0.15, 0.2) is 48.5 Å². The third-order valence-corrected chi connectivity index (χ3v) is 5.43. The third kappa shape index (κ3) is 6.72. The first kappa shape index (κ1) is 23.6. The van der Waals surface area contributed by atoms with Crippen LogP contribution in [0.5, 0.6) is 11.5 Å². The van der Waals surface area contributed by atoms with Gasteiger partial charge in [-0.1, -0.05) is 11.6 Å². The maximum atomic E-state index is 12.3. The lowest BCUT2D eigenvalue weighted by Gasteiger charge is -2.39. The number of hydrogen-bond acceptors (Lipinski definition) is 6. The monoisotopic (exact) mass is 455 g/mol. The zero-order valence-corrected chi connectivity index (χ0v) is 18.6. The van der Waals surface area contributed by atoms with E-state index in [1.54, 1.807) is 36.4 Å². The van der Waals surface area contributed by atoms with Crippen molar-refractivity contribution in [3.63, 3.8) is 0 Å². The van der Waals surface area contributed by atoms with Gasteiger partial charge in [0.25, 0.3) is 0 Å². The Morgan fingerprint density at radius 2 is 2.09 bits per heavy atom. The van der Waals surface area contributed by atoms with E-state index in [9.17, 15) is 9.90 Å². The van der Waals surface area contributed by atoms with E-state index < -0.39 is 0 Å². The minimum Gasteiger partial charge on any atom is -0.496 e. The number of halogens is 1. The Morgan fingerprint density at radius 3 is 2.75 bits per heavy atom. The molecule has 1 heterocycles. The van der Waals surface area contributed by atoms with Gasteiger partial charge >= 0.3 is 0 Å². The zero-order valence-electron chi connectivity index (χ0n) is 17.8. The number of aliphatic hydroxyl groups is 1. The minimum atomic E-state index is -0.351. The van der Waals surface area contributed by atoms with Crippen LogP contribution in [0, 0.1) is 11.3 Å². The molecule has 32 heavy (non-hydrogen) atoms. The Labute approximate surface area is 192 Å². The molecule has 1 amide bonds. The highest BCUT2D eigenvalue weighted by molar-refractivity contribution is 6.30. The average Bonchev–Trinajstić information content (AvgIpc) is 2.79. The zero-order chi connectivity index (χ0) is 22.9. The molecule has 0 spiro atoms. The highest BCUT2D eigenvalue weighted by Gasteiger charge is 2.28. The first-order valence-electron chi connectivity index (χ1n) is 10.3. The fraction of sp³-hybridized carbons (Fsp3) is 0.333. The van der Waals surface area contributed by atoms with Gasteiger partial charge in [-0.25, -0.2) is 0 Å². The molecule has 0 saturated carbocycles. The number of aliphatic hydroxyl groups excluding tert-OH is 1. The molecule has 0 bridgehead atoms. The van der Waals surface area contributed by atoms with Crippen molar-refractivity contribution in [3.05, 3.63) is 64.7 Å². The molecule has 8 heteroatoms. The fourth-order valence-electron chi connectivity index (χ4n) is 3.38. The van der Waals surface area contributed by atoms with Crippen LogP contribution in [0.1, 0.15) is 17.5 Å². The fourth-order valence-corrected chi connectivity index (χ4v) is 3.51. The maximum absolute atomic E-state index is 12.3. The number of benzene rings is 2. The minimum absolute atomic E-state index is 0.125. The summed E-state index contributed by atoms with van der Waals surface area (Å²) < 4.78 is 11.1. The lowest BCUT2D eigenvalue weighted by molar-refractivity contribution is -0.117. The van der Waals surface area contributed by atoms with Gasteiger partial charge in [0.15, 0.2) is 0 Å². The van der Waals surface area contributed by atoms with Gasteiger partial charge in [-0.15, -0.1) is 0 Å². The van der Waals surface area contributed by atoms with Crippen molar-refractivity contribution >= 4 is 23.6 Å². The van der Waals surface area contributed by atoms with Crippen LogP contribution in [0.3, 0.4) is 0 Å². The highest BCUT2D eigenvalue weighted by atomic mass is 35.5. The summed E-state index contributed by atoms with van der Waals surface area (Å²) in [4.78, 5) is 14.5. The quantitative estimate of drug-likeness (QED) is 0.535. The Balaban J connectivity index is 1.42. The van der Waals surface area contributed by atoms with Crippen molar-refractivity contribution in [3.8, 4) is 17.6 Å². The first-order valence-corrected chi connectivity index (χ1v) is 10.7. The molecular weight excluding hydrogens is 430 g/mol. The lowest BCUT2D eigenvalue weighted by atomic mass is 10.1. The molecule has 0 unspecified atom stereocenters. The number of nitrogens with one attached hydrogen (secondary N) is 1. The number of rotatable bonds is 10. The number of likely N-dealkylation sites (tertiary alicyclic amines) is 1. The van der Waals surface area contributed by atoms with E-state index in [0.29, 0.717) is 28.3 Å². The number of carbonyl (C=O) groups excluding carboxylic acids is 1. The van der Waals surface area contributed by atoms with E-state index in [4.69, 9.17) is 26.3 Å². The molecule has 1 aliphatic rings. The molecule has 0 aliphatic carbocycles. The van der Waals surface area contributed by atoms with Gasteiger partial charge in [-0.3, -0.25) is 9.69 Å². The molecule has 168 valence electrons. The van der Waals surface area contributed by atoms with Crippen LogP contribution in [-0.4, -0.2) is 61.4 Å². The van der Waals surface area contributed by atoms with Crippen LogP contribution in [0.25, 0.3) is 6.08 Å². The molecule has 7 nitrogen and oxygen atoms in total. The number of ether oxygens (including phenoxy) is 2. The second-order valence-corrected chi connectivity index (χ2v) is 7.97. The summed E-state index contributed by atoms with van der Waals surface area (Å²) >= 11 is 5.88. The molecule has 2 aromatic carbocycles. The largest absolute Gasteiger partial charge is 0.496 e. The Bertz CT molecular complexity index is 982. The molecule has 1 saturated heterocycles. The number of nitrogens with zero attached hydrogens (tertiary/aromatic N) is 2. The van der Waals surface area contributed by atoms with Gasteiger partial charge in [-0.2, -0.15) is 5.26 Å². The molecule has 0 radical (unpaired) electrons. The van der Waals surface area contributed by atoms with E-state index in [-0.39, 0.29) is 24.7 Å². The van der Waals surface area contributed by atoms with Crippen molar-refractivity contribution in [1.82, 2.24) is 10.2 Å². The smallest absolute Gasteiger partial charge is 0.244 e. The van der Waals surface area contributed by atoms with Gasteiger partial charge in [0, 0.05) is 36.3 Å². The van der Waals surface area contributed by atoms with Crippen molar-refractivity contribution < 1.29 is 19.4 Å². The summed E-state index contributed by atoms with van der Waals surface area (Å²) in [6.45, 7) is 2.19. The Hall–Kier alpha value is -3.05. The predicted molar refractivity (Wildman–Crippen MR) is 123 cm³/mol. The van der Waals surface area contributed by atoms with Gasteiger partial charge in [0.2, 0.25) is 5.91 Å². The van der Waals surface area contributed by atoms with Crippen LogP contribution in [0.4, 0.5) is 0 Å². The summed E-state index contributed by atoms with van der Waals surface area (Å²) in [5.41, 5.74) is 1.11. The van der Waals surface area contributed by atoms with Crippen LogP contribution in [-0.2, 0) is 4.79 Å². The number of hydrogen-bond donors (Lipinski definition) is 2. The number of nitriles is 1. The second kappa shape index (κ2) is 11.5. The topological polar surface area (TPSA) is 94.8 Å². The van der Waals surface area contributed by atoms with Crippen molar-refractivity contribution in [2.24, 2.45) is 0 Å². The van der Waals surface area contributed by atoms with Crippen LogP contribution >= 0.6 is 11.6 Å². The van der Waals surface area contributed by atoms with Crippen molar-refractivity contribution in [1.29, 1.82) is 5.26 Å². The molecule has 1 fully saturated rings. The average molecular weight is 456 g/mol. The summed E-state index contributed by atoms with van der Waals surface area (Å²) in [5, 5.41) is 22.2. The van der Waals surface area contributed by atoms with Gasteiger partial charge in [-0.05, 0) is 55.0 Å². The standard InChI is InChI=1S/C24H26ClN3O4/c1-31-23-8-2-17(13-26)12-18(23)3-9-24(30)27-20(16-29)10-11-28-14-22(15-28)32-21-6-4-19(25)5-7-21/h2-9,12,20,22,29H,10-11,14-16H2,1H3,(H,27,30)/b9-3+/t20-/m0/s1. The van der Waals surface area contributed by atoms with Crippen LogP contribution < -0.4 is 14.8 Å². The number of carbonyl (C=O) groups is 1. The van der Waals surface area contributed by atoms with Gasteiger partial charge < -0.3 is 19.9 Å². The third-order valence-electron chi connectivity index (χ3n) is 5.17. The summed E-state index contributed by atoms with van der Waals surface area (Å²) in [7, 11) is 1.53. The molecule has 3 rings (SSSR count). The van der Waals surface area contributed by atoms with E-state index >= 15 is 0 Å². The van der Waals surface area contributed by atoms with E-state index in [0.717, 1.165) is 25.4 Å². The van der Waals surface area contributed by atoms with E-state index in [1.165, 1.54) is 13.2 Å². The van der Waals surface area contributed by atoms with Crippen molar-refractivity contribution in [2.45, 2.75) is 18.6 Å². The summed E-state index contributed by atoms with van der Waals surface area (Å²) in [6, 6.07) is 14.0. The Morgan fingerprint density at radius 1 is 1.34 bits per heavy atom. The molecule has 1 atom stereocenters. The summed E-state index contributed by atoms with van der Waals surface area (Å²) in [5.74, 6) is 1.05. The first-order chi connectivity index (χ1) is 15.5. The second-order valence-electron chi connectivity index (χ2n) is 7.53. The van der Waals surface area contributed by atoms with Gasteiger partial charge in [0.05, 0.1) is 31.4 Å². The highest BCUT2D eigenvalue weighted by Crippen LogP contribution is 2.22. The summed E-state index contributed by atoms with van der Waals surface area (Å²) in [6.07, 6.45) is 3.72. The molecule has 1 aliphatic heterocycles. The van der Waals surface area contributed by atoms with Crippen molar-refractivity contribution in [2.75, 3.05) is 33.4 Å². The molecule has 2 N–H and O–H groups in total. The maximum Gasteiger partial charge on any atom is 0.244 e. The normalized spacial score (nSPS) is 15.1. The molecule has 0 aromatic heterocycles.